The molecule has 0 bridgehead atoms. The summed E-state index contributed by atoms with van der Waals surface area (Å²) >= 11 is 12.9. The highest BCUT2D eigenvalue weighted by molar-refractivity contribution is 6.39. The zero-order valence-electron chi connectivity index (χ0n) is 19.7. The predicted molar refractivity (Wildman–Crippen MR) is 129 cm³/mol. The van der Waals surface area contributed by atoms with Crippen LogP contribution < -0.4 is 0 Å². The number of hydrogen-bond acceptors (Lipinski definition) is 5. The molecule has 180 valence electrons. The normalized spacial score (nSPS) is 21.2. The lowest BCUT2D eigenvalue weighted by Crippen LogP contribution is -2.43. The molecule has 1 amide bonds. The molecule has 8 heteroatoms. The summed E-state index contributed by atoms with van der Waals surface area (Å²) in [5.74, 6) is 1.28. The SMILES string of the molecule is CN(C(=O)OC(C)(C)C)C1CCC(OCc2c(-c3c(Cl)cccc3Cl)noc2C2CC2)CC1. The van der Waals surface area contributed by atoms with Crippen molar-refractivity contribution in [1.82, 2.24) is 10.1 Å². The number of rotatable bonds is 6. The Morgan fingerprint density at radius 1 is 1.12 bits per heavy atom. The monoisotopic (exact) mass is 494 g/mol. The van der Waals surface area contributed by atoms with Gasteiger partial charge in [-0.3, -0.25) is 0 Å². The van der Waals surface area contributed by atoms with Gasteiger partial charge < -0.3 is 18.9 Å². The Morgan fingerprint density at radius 2 is 1.76 bits per heavy atom. The molecule has 4 rings (SSSR count). The van der Waals surface area contributed by atoms with Gasteiger partial charge in [0.05, 0.1) is 22.8 Å². The van der Waals surface area contributed by atoms with Gasteiger partial charge >= 0.3 is 6.09 Å². The van der Waals surface area contributed by atoms with Crippen molar-refractivity contribution in [2.45, 2.75) is 89.6 Å². The first-order chi connectivity index (χ1) is 15.6. The van der Waals surface area contributed by atoms with Gasteiger partial charge in [0.2, 0.25) is 0 Å². The van der Waals surface area contributed by atoms with Crippen LogP contribution in [0.2, 0.25) is 10.0 Å². The van der Waals surface area contributed by atoms with Crippen LogP contribution in [0.15, 0.2) is 22.7 Å². The first-order valence-corrected chi connectivity index (χ1v) is 12.4. The molecule has 0 radical (unpaired) electrons. The molecule has 1 heterocycles. The summed E-state index contributed by atoms with van der Waals surface area (Å²) < 4.78 is 17.6. The molecule has 6 nitrogen and oxygen atoms in total. The van der Waals surface area contributed by atoms with Gasteiger partial charge in [-0.2, -0.15) is 0 Å². The standard InChI is InChI=1S/C25H32Cl2N2O4/c1-25(2,3)32-24(30)29(4)16-10-12-17(13-11-16)31-14-18-22(28-33-23(18)15-8-9-15)21-19(26)6-5-7-20(21)27/h5-7,15-17H,8-14H2,1-4H3. The fraction of sp³-hybridized carbons (Fsp3) is 0.600. The second-order valence-electron chi connectivity index (χ2n) is 10.1. The Balaban J connectivity index is 1.40. The average molecular weight is 495 g/mol. The van der Waals surface area contributed by atoms with Crippen LogP contribution in [0.5, 0.6) is 0 Å². The zero-order valence-corrected chi connectivity index (χ0v) is 21.2. The van der Waals surface area contributed by atoms with Crippen LogP contribution in [-0.4, -0.2) is 40.9 Å². The number of ether oxygens (including phenoxy) is 2. The van der Waals surface area contributed by atoms with E-state index in [1.54, 1.807) is 17.0 Å². The highest BCUT2D eigenvalue weighted by atomic mass is 35.5. The van der Waals surface area contributed by atoms with Crippen molar-refractivity contribution >= 4 is 29.3 Å². The molecule has 0 aliphatic heterocycles. The Morgan fingerprint density at radius 3 is 2.33 bits per heavy atom. The number of carbonyl (C=O) groups excluding carboxylic acids is 1. The first-order valence-electron chi connectivity index (χ1n) is 11.6. The Hall–Kier alpha value is -1.76. The van der Waals surface area contributed by atoms with Gasteiger partial charge in [-0.1, -0.05) is 34.4 Å². The van der Waals surface area contributed by atoms with Crippen molar-refractivity contribution in [3.8, 4) is 11.3 Å². The van der Waals surface area contributed by atoms with E-state index in [4.69, 9.17) is 37.2 Å². The van der Waals surface area contributed by atoms with E-state index in [0.29, 0.717) is 33.8 Å². The highest BCUT2D eigenvalue weighted by Gasteiger charge is 2.34. The molecule has 0 saturated heterocycles. The van der Waals surface area contributed by atoms with Crippen molar-refractivity contribution < 1.29 is 18.8 Å². The summed E-state index contributed by atoms with van der Waals surface area (Å²) in [6.45, 7) is 6.06. The van der Waals surface area contributed by atoms with Crippen LogP contribution in [0.1, 0.15) is 76.5 Å². The Labute approximate surface area is 205 Å². The molecule has 1 aromatic heterocycles. The van der Waals surface area contributed by atoms with Gasteiger partial charge in [-0.25, -0.2) is 4.79 Å². The number of amides is 1. The van der Waals surface area contributed by atoms with Gasteiger partial charge in [0, 0.05) is 30.1 Å². The van der Waals surface area contributed by atoms with Crippen molar-refractivity contribution in [3.63, 3.8) is 0 Å². The summed E-state index contributed by atoms with van der Waals surface area (Å²) in [6.07, 6.45) is 5.55. The fourth-order valence-electron chi connectivity index (χ4n) is 4.33. The van der Waals surface area contributed by atoms with E-state index in [2.05, 4.69) is 5.16 Å². The number of hydrogen-bond donors (Lipinski definition) is 0. The van der Waals surface area contributed by atoms with E-state index in [1.165, 1.54) is 0 Å². The van der Waals surface area contributed by atoms with E-state index in [1.807, 2.05) is 33.9 Å². The lowest BCUT2D eigenvalue weighted by Gasteiger charge is -2.35. The average Bonchev–Trinajstić information content (AvgIpc) is 3.51. The van der Waals surface area contributed by atoms with Crippen LogP contribution in [-0.2, 0) is 16.1 Å². The van der Waals surface area contributed by atoms with Crippen molar-refractivity contribution in [2.75, 3.05) is 7.05 Å². The molecule has 2 aromatic rings. The van der Waals surface area contributed by atoms with Gasteiger partial charge in [0.25, 0.3) is 0 Å². The summed E-state index contributed by atoms with van der Waals surface area (Å²) in [7, 11) is 1.82. The first kappa shape index (κ1) is 24.4. The fourth-order valence-corrected chi connectivity index (χ4v) is 4.91. The lowest BCUT2D eigenvalue weighted by atomic mass is 9.92. The van der Waals surface area contributed by atoms with Crippen molar-refractivity contribution in [1.29, 1.82) is 0 Å². The number of halogens is 2. The topological polar surface area (TPSA) is 64.8 Å². The maximum atomic E-state index is 12.4. The van der Waals surface area contributed by atoms with Gasteiger partial charge in [-0.15, -0.1) is 0 Å². The van der Waals surface area contributed by atoms with Crippen LogP contribution in [0.3, 0.4) is 0 Å². The summed E-state index contributed by atoms with van der Waals surface area (Å²) in [6, 6.07) is 5.59. The summed E-state index contributed by atoms with van der Waals surface area (Å²) in [5, 5.41) is 5.43. The van der Waals surface area contributed by atoms with Gasteiger partial charge in [-0.05, 0) is 71.4 Å². The summed E-state index contributed by atoms with van der Waals surface area (Å²) in [5.41, 5.74) is 1.82. The highest BCUT2D eigenvalue weighted by Crippen LogP contribution is 2.46. The van der Waals surface area contributed by atoms with Crippen LogP contribution in [0, 0.1) is 0 Å². The zero-order chi connectivity index (χ0) is 23.8. The van der Waals surface area contributed by atoms with Crippen LogP contribution in [0.25, 0.3) is 11.3 Å². The van der Waals surface area contributed by atoms with E-state index in [9.17, 15) is 4.79 Å². The smallest absolute Gasteiger partial charge is 0.410 e. The molecule has 0 spiro atoms. The minimum absolute atomic E-state index is 0.116. The van der Waals surface area contributed by atoms with E-state index in [0.717, 1.165) is 49.8 Å². The molecule has 0 N–H and O–H groups in total. The van der Waals surface area contributed by atoms with E-state index < -0.39 is 5.60 Å². The third kappa shape index (κ3) is 5.84. The number of benzene rings is 1. The maximum Gasteiger partial charge on any atom is 0.410 e. The largest absolute Gasteiger partial charge is 0.444 e. The molecule has 2 fully saturated rings. The van der Waals surface area contributed by atoms with Crippen LogP contribution in [0.4, 0.5) is 4.79 Å². The van der Waals surface area contributed by atoms with E-state index in [-0.39, 0.29) is 18.2 Å². The molecule has 1 aromatic carbocycles. The second kappa shape index (κ2) is 9.85. The third-order valence-corrected chi connectivity index (χ3v) is 6.93. The van der Waals surface area contributed by atoms with E-state index >= 15 is 0 Å². The maximum absolute atomic E-state index is 12.4. The number of nitrogens with zero attached hydrogens (tertiary/aromatic N) is 2. The Kier molecular flexibility index (Phi) is 7.27. The van der Waals surface area contributed by atoms with Gasteiger partial charge in [0.1, 0.15) is 17.1 Å². The number of carbonyl (C=O) groups is 1. The minimum Gasteiger partial charge on any atom is -0.444 e. The van der Waals surface area contributed by atoms with Gasteiger partial charge in [0.15, 0.2) is 0 Å². The molecule has 0 unspecified atom stereocenters. The Bertz CT molecular complexity index is 969. The number of aromatic nitrogens is 1. The molecule has 33 heavy (non-hydrogen) atoms. The minimum atomic E-state index is -0.494. The molecular weight excluding hydrogens is 463 g/mol. The second-order valence-corrected chi connectivity index (χ2v) is 10.9. The quantitative estimate of drug-likeness (QED) is 0.423. The molecule has 2 saturated carbocycles. The molecular formula is C25H32Cl2N2O4. The third-order valence-electron chi connectivity index (χ3n) is 6.30. The molecule has 0 atom stereocenters. The van der Waals surface area contributed by atoms with Crippen LogP contribution >= 0.6 is 23.2 Å². The van der Waals surface area contributed by atoms with Crippen molar-refractivity contribution in [3.05, 3.63) is 39.6 Å². The lowest BCUT2D eigenvalue weighted by molar-refractivity contribution is -0.0109. The predicted octanol–water partition coefficient (Wildman–Crippen LogP) is 7.22. The summed E-state index contributed by atoms with van der Waals surface area (Å²) in [4.78, 5) is 14.1. The van der Waals surface area contributed by atoms with Crippen molar-refractivity contribution in [2.24, 2.45) is 0 Å². The molecule has 2 aliphatic rings. The molecule has 2 aliphatic carbocycles.